The van der Waals surface area contributed by atoms with Crippen LogP contribution in [0, 0.1) is 5.82 Å². The zero-order valence-electron chi connectivity index (χ0n) is 12.0. The zero-order chi connectivity index (χ0) is 13.8. The Morgan fingerprint density at radius 1 is 1.42 bits per heavy atom. The average molecular weight is 266 g/mol. The standard InChI is InChI=1S/C14H23FN4/c1-4-8-16-14-17-9-12(15)13(18-14)19-10(3)6-7-11(19)5-2/h9-11H,4-8H2,1-3H3,(H,16,17,18). The summed E-state index contributed by atoms with van der Waals surface area (Å²) in [5.74, 6) is 0.645. The van der Waals surface area contributed by atoms with Gasteiger partial charge in [-0.1, -0.05) is 13.8 Å². The first-order chi connectivity index (χ1) is 9.17. The number of nitrogens with one attached hydrogen (secondary N) is 1. The maximum absolute atomic E-state index is 14.0. The summed E-state index contributed by atoms with van der Waals surface area (Å²) in [6.07, 6.45) is 5.50. The molecule has 2 atom stereocenters. The van der Waals surface area contributed by atoms with Gasteiger partial charge in [0.2, 0.25) is 5.95 Å². The maximum Gasteiger partial charge on any atom is 0.224 e. The molecule has 0 aliphatic carbocycles. The van der Waals surface area contributed by atoms with Crippen molar-refractivity contribution in [1.29, 1.82) is 0 Å². The third-order valence-electron chi connectivity index (χ3n) is 3.76. The van der Waals surface area contributed by atoms with Crippen molar-refractivity contribution in [3.8, 4) is 0 Å². The second kappa shape index (κ2) is 6.17. The highest BCUT2D eigenvalue weighted by Crippen LogP contribution is 2.32. The Hall–Kier alpha value is -1.39. The number of hydrogen-bond acceptors (Lipinski definition) is 4. The first-order valence-corrected chi connectivity index (χ1v) is 7.22. The molecular formula is C14H23FN4. The molecule has 1 saturated heterocycles. The smallest absolute Gasteiger partial charge is 0.224 e. The number of rotatable bonds is 5. The lowest BCUT2D eigenvalue weighted by atomic mass is 10.1. The molecule has 5 heteroatoms. The van der Waals surface area contributed by atoms with Crippen LogP contribution in [0.1, 0.15) is 46.5 Å². The lowest BCUT2D eigenvalue weighted by molar-refractivity contribution is 0.567. The highest BCUT2D eigenvalue weighted by atomic mass is 19.1. The fraction of sp³-hybridized carbons (Fsp3) is 0.714. The van der Waals surface area contributed by atoms with Crippen molar-refractivity contribution >= 4 is 11.8 Å². The van der Waals surface area contributed by atoms with E-state index in [4.69, 9.17) is 0 Å². The molecule has 0 spiro atoms. The van der Waals surface area contributed by atoms with E-state index in [-0.39, 0.29) is 5.82 Å². The monoisotopic (exact) mass is 266 g/mol. The van der Waals surface area contributed by atoms with Crippen LogP contribution in [0.5, 0.6) is 0 Å². The lowest BCUT2D eigenvalue weighted by Gasteiger charge is -2.29. The van der Waals surface area contributed by atoms with Crippen molar-refractivity contribution in [2.75, 3.05) is 16.8 Å². The van der Waals surface area contributed by atoms with E-state index in [2.05, 4.69) is 41.0 Å². The second-order valence-corrected chi connectivity index (χ2v) is 5.19. The fourth-order valence-electron chi connectivity index (χ4n) is 2.72. The van der Waals surface area contributed by atoms with Gasteiger partial charge < -0.3 is 10.2 Å². The predicted molar refractivity (Wildman–Crippen MR) is 76.0 cm³/mol. The van der Waals surface area contributed by atoms with Gasteiger partial charge in [0, 0.05) is 18.6 Å². The normalized spacial score (nSPS) is 22.8. The summed E-state index contributed by atoms with van der Waals surface area (Å²) in [6, 6.07) is 0.729. The van der Waals surface area contributed by atoms with Crippen LogP contribution in [-0.4, -0.2) is 28.6 Å². The van der Waals surface area contributed by atoms with Crippen LogP contribution in [0.2, 0.25) is 0 Å². The van der Waals surface area contributed by atoms with E-state index >= 15 is 0 Å². The molecule has 0 bridgehead atoms. The van der Waals surface area contributed by atoms with Crippen LogP contribution in [-0.2, 0) is 0 Å². The van der Waals surface area contributed by atoms with Crippen molar-refractivity contribution in [1.82, 2.24) is 9.97 Å². The van der Waals surface area contributed by atoms with Gasteiger partial charge in [-0.05, 0) is 32.6 Å². The summed E-state index contributed by atoms with van der Waals surface area (Å²) in [5, 5.41) is 3.12. The molecule has 0 amide bonds. The molecule has 1 fully saturated rings. The van der Waals surface area contributed by atoms with Gasteiger partial charge in [0.1, 0.15) is 0 Å². The first kappa shape index (κ1) is 14.0. The Kier molecular flexibility index (Phi) is 4.56. The summed E-state index contributed by atoms with van der Waals surface area (Å²) in [6.45, 7) is 7.16. The van der Waals surface area contributed by atoms with Gasteiger partial charge in [-0.25, -0.2) is 9.37 Å². The number of hydrogen-bond donors (Lipinski definition) is 1. The van der Waals surface area contributed by atoms with Crippen molar-refractivity contribution in [2.24, 2.45) is 0 Å². The molecule has 1 N–H and O–H groups in total. The van der Waals surface area contributed by atoms with Crippen LogP contribution in [0.4, 0.5) is 16.2 Å². The minimum atomic E-state index is -0.325. The molecule has 106 valence electrons. The third-order valence-corrected chi connectivity index (χ3v) is 3.76. The van der Waals surface area contributed by atoms with Crippen molar-refractivity contribution in [3.05, 3.63) is 12.0 Å². The van der Waals surface area contributed by atoms with Gasteiger partial charge in [0.05, 0.1) is 6.20 Å². The van der Waals surface area contributed by atoms with E-state index in [1.807, 2.05) is 0 Å². The second-order valence-electron chi connectivity index (χ2n) is 5.19. The van der Waals surface area contributed by atoms with Gasteiger partial charge in [-0.2, -0.15) is 4.98 Å². The summed E-state index contributed by atoms with van der Waals surface area (Å²) < 4.78 is 14.0. The Labute approximate surface area is 114 Å². The van der Waals surface area contributed by atoms with E-state index < -0.39 is 0 Å². The molecule has 1 aromatic rings. The van der Waals surface area contributed by atoms with E-state index in [0.717, 1.165) is 32.2 Å². The SMILES string of the molecule is CCCNc1ncc(F)c(N2C(C)CCC2CC)n1. The van der Waals surface area contributed by atoms with Crippen LogP contribution < -0.4 is 10.2 Å². The quantitative estimate of drug-likeness (QED) is 0.888. The zero-order valence-corrected chi connectivity index (χ0v) is 12.0. The highest BCUT2D eigenvalue weighted by Gasteiger charge is 2.32. The molecule has 0 aromatic carbocycles. The molecule has 1 aliphatic rings. The van der Waals surface area contributed by atoms with Crippen molar-refractivity contribution < 1.29 is 4.39 Å². The maximum atomic E-state index is 14.0. The van der Waals surface area contributed by atoms with Gasteiger partial charge in [-0.3, -0.25) is 0 Å². The summed E-state index contributed by atoms with van der Waals surface area (Å²) in [7, 11) is 0. The molecular weight excluding hydrogens is 243 g/mol. The van der Waals surface area contributed by atoms with Crippen LogP contribution in [0.25, 0.3) is 0 Å². The molecule has 2 unspecified atom stereocenters. The first-order valence-electron chi connectivity index (χ1n) is 7.22. The molecule has 2 rings (SSSR count). The number of halogens is 1. The summed E-state index contributed by atoms with van der Waals surface area (Å²) in [4.78, 5) is 10.5. The fourth-order valence-corrected chi connectivity index (χ4v) is 2.72. The minimum Gasteiger partial charge on any atom is -0.354 e. The third kappa shape index (κ3) is 2.96. The summed E-state index contributed by atoms with van der Waals surface area (Å²) in [5.41, 5.74) is 0. The average Bonchev–Trinajstić information content (AvgIpc) is 2.79. The molecule has 4 nitrogen and oxygen atoms in total. The van der Waals surface area contributed by atoms with Gasteiger partial charge >= 0.3 is 0 Å². The largest absolute Gasteiger partial charge is 0.354 e. The number of anilines is 2. The van der Waals surface area contributed by atoms with Crippen molar-refractivity contribution in [2.45, 2.75) is 58.5 Å². The highest BCUT2D eigenvalue weighted by molar-refractivity contribution is 5.47. The van der Waals surface area contributed by atoms with Gasteiger partial charge in [-0.15, -0.1) is 0 Å². The van der Waals surface area contributed by atoms with Crippen LogP contribution >= 0.6 is 0 Å². The molecule has 0 saturated carbocycles. The van der Waals surface area contributed by atoms with E-state index in [1.165, 1.54) is 6.20 Å². The molecule has 0 radical (unpaired) electrons. The van der Waals surface area contributed by atoms with Gasteiger partial charge in [0.25, 0.3) is 0 Å². The van der Waals surface area contributed by atoms with E-state index in [0.29, 0.717) is 23.8 Å². The Morgan fingerprint density at radius 3 is 2.89 bits per heavy atom. The topological polar surface area (TPSA) is 41.1 Å². The Morgan fingerprint density at radius 2 is 2.21 bits per heavy atom. The molecule has 19 heavy (non-hydrogen) atoms. The summed E-state index contributed by atoms with van der Waals surface area (Å²) >= 11 is 0. The van der Waals surface area contributed by atoms with Crippen LogP contribution in [0.15, 0.2) is 6.20 Å². The Bertz CT molecular complexity index is 424. The molecule has 1 aliphatic heterocycles. The van der Waals surface area contributed by atoms with Gasteiger partial charge in [0.15, 0.2) is 11.6 Å². The minimum absolute atomic E-state index is 0.325. The molecule has 2 heterocycles. The van der Waals surface area contributed by atoms with E-state index in [9.17, 15) is 4.39 Å². The Balaban J connectivity index is 2.26. The number of nitrogens with zero attached hydrogens (tertiary/aromatic N) is 3. The number of aromatic nitrogens is 2. The van der Waals surface area contributed by atoms with Crippen molar-refractivity contribution in [3.63, 3.8) is 0 Å². The predicted octanol–water partition coefficient (Wildman–Crippen LogP) is 3.20. The van der Waals surface area contributed by atoms with Crippen LogP contribution in [0.3, 0.4) is 0 Å². The van der Waals surface area contributed by atoms with E-state index in [1.54, 1.807) is 0 Å². The lowest BCUT2D eigenvalue weighted by Crippen LogP contribution is -2.35. The molecule has 1 aromatic heterocycles.